The molecule has 0 bridgehead atoms. The molecule has 6 heteroatoms. The maximum atomic E-state index is 12.2. The number of benzene rings is 1. The summed E-state index contributed by atoms with van der Waals surface area (Å²) in [4.78, 5) is 16.2. The van der Waals surface area contributed by atoms with Crippen LogP contribution in [0.2, 0.25) is 0 Å². The average Bonchev–Trinajstić information content (AvgIpc) is 3.08. The van der Waals surface area contributed by atoms with Crippen molar-refractivity contribution >= 4 is 5.91 Å². The number of aromatic nitrogens is 3. The van der Waals surface area contributed by atoms with Crippen LogP contribution in [0.5, 0.6) is 5.75 Å². The SMILES string of the molecule is CC(NC(=O)c1cnn(C)c1)c1ccc(OCc2cccnc2)cc1. The molecule has 0 saturated carbocycles. The summed E-state index contributed by atoms with van der Waals surface area (Å²) < 4.78 is 7.35. The minimum absolute atomic E-state index is 0.111. The molecule has 0 spiro atoms. The third-order valence-electron chi connectivity index (χ3n) is 3.82. The molecule has 3 aromatic rings. The van der Waals surface area contributed by atoms with Crippen LogP contribution in [0, 0.1) is 0 Å². The van der Waals surface area contributed by atoms with Crippen LogP contribution in [0.3, 0.4) is 0 Å². The van der Waals surface area contributed by atoms with Gasteiger partial charge in [-0.1, -0.05) is 18.2 Å². The summed E-state index contributed by atoms with van der Waals surface area (Å²) in [5.74, 6) is 0.635. The molecule has 128 valence electrons. The van der Waals surface area contributed by atoms with Crippen molar-refractivity contribution in [2.75, 3.05) is 0 Å². The predicted octanol–water partition coefficient (Wildman–Crippen LogP) is 2.89. The van der Waals surface area contributed by atoms with E-state index in [1.165, 1.54) is 0 Å². The lowest BCUT2D eigenvalue weighted by Crippen LogP contribution is -2.26. The third kappa shape index (κ3) is 4.44. The van der Waals surface area contributed by atoms with Gasteiger partial charge in [0, 0.05) is 31.2 Å². The number of hydrogen-bond donors (Lipinski definition) is 1. The van der Waals surface area contributed by atoms with Crippen LogP contribution in [-0.4, -0.2) is 20.7 Å². The Bertz CT molecular complexity index is 828. The van der Waals surface area contributed by atoms with Crippen molar-refractivity contribution in [3.05, 3.63) is 77.9 Å². The van der Waals surface area contributed by atoms with Crippen LogP contribution >= 0.6 is 0 Å². The van der Waals surface area contributed by atoms with E-state index in [-0.39, 0.29) is 11.9 Å². The van der Waals surface area contributed by atoms with Crippen molar-refractivity contribution in [1.82, 2.24) is 20.1 Å². The molecule has 3 rings (SSSR count). The predicted molar refractivity (Wildman–Crippen MR) is 94.1 cm³/mol. The van der Waals surface area contributed by atoms with Gasteiger partial charge in [0.25, 0.3) is 5.91 Å². The fourth-order valence-electron chi connectivity index (χ4n) is 2.40. The average molecular weight is 336 g/mol. The van der Waals surface area contributed by atoms with Crippen molar-refractivity contribution in [3.63, 3.8) is 0 Å². The van der Waals surface area contributed by atoms with E-state index in [2.05, 4.69) is 15.4 Å². The first-order valence-electron chi connectivity index (χ1n) is 8.03. The number of nitrogens with one attached hydrogen (secondary N) is 1. The van der Waals surface area contributed by atoms with Gasteiger partial charge in [0.05, 0.1) is 17.8 Å². The summed E-state index contributed by atoms with van der Waals surface area (Å²) in [7, 11) is 1.78. The Morgan fingerprint density at radius 2 is 2.04 bits per heavy atom. The molecule has 1 N–H and O–H groups in total. The summed E-state index contributed by atoms with van der Waals surface area (Å²) in [6.45, 7) is 2.42. The summed E-state index contributed by atoms with van der Waals surface area (Å²) in [6, 6.07) is 11.4. The monoisotopic (exact) mass is 336 g/mol. The lowest BCUT2D eigenvalue weighted by Gasteiger charge is -2.14. The van der Waals surface area contributed by atoms with E-state index in [1.807, 2.05) is 43.3 Å². The number of aryl methyl sites for hydroxylation is 1. The van der Waals surface area contributed by atoms with E-state index in [1.54, 1.807) is 36.5 Å². The second-order valence-electron chi connectivity index (χ2n) is 5.82. The minimum Gasteiger partial charge on any atom is -0.489 e. The molecular weight excluding hydrogens is 316 g/mol. The molecule has 0 aliphatic rings. The Hall–Kier alpha value is -3.15. The first-order chi connectivity index (χ1) is 12.1. The zero-order chi connectivity index (χ0) is 17.6. The van der Waals surface area contributed by atoms with E-state index >= 15 is 0 Å². The highest BCUT2D eigenvalue weighted by Crippen LogP contribution is 2.19. The molecule has 0 saturated heterocycles. The molecule has 1 amide bonds. The van der Waals surface area contributed by atoms with Crippen LogP contribution < -0.4 is 10.1 Å². The van der Waals surface area contributed by atoms with Gasteiger partial charge in [-0.3, -0.25) is 14.5 Å². The molecule has 0 aliphatic heterocycles. The Labute approximate surface area is 146 Å². The minimum atomic E-state index is -0.141. The number of rotatable bonds is 6. The highest BCUT2D eigenvalue weighted by molar-refractivity contribution is 5.93. The van der Waals surface area contributed by atoms with Gasteiger partial charge in [-0.25, -0.2) is 0 Å². The standard InChI is InChI=1S/C19H20N4O2/c1-14(22-19(24)17-11-21-23(2)12-17)16-5-7-18(8-6-16)25-13-15-4-3-9-20-10-15/h3-12,14H,13H2,1-2H3,(H,22,24). The van der Waals surface area contributed by atoms with Gasteiger partial charge < -0.3 is 10.1 Å². The summed E-state index contributed by atoms with van der Waals surface area (Å²) in [5.41, 5.74) is 2.57. The molecular formula is C19H20N4O2. The molecule has 25 heavy (non-hydrogen) atoms. The molecule has 6 nitrogen and oxygen atoms in total. The number of ether oxygens (including phenoxy) is 1. The second kappa shape index (κ2) is 7.61. The lowest BCUT2D eigenvalue weighted by molar-refractivity contribution is 0.0940. The van der Waals surface area contributed by atoms with Crippen molar-refractivity contribution in [1.29, 1.82) is 0 Å². The fourth-order valence-corrected chi connectivity index (χ4v) is 2.40. The number of hydrogen-bond acceptors (Lipinski definition) is 4. The molecule has 1 atom stereocenters. The Morgan fingerprint density at radius 3 is 2.68 bits per heavy atom. The van der Waals surface area contributed by atoms with Crippen LogP contribution in [0.4, 0.5) is 0 Å². The van der Waals surface area contributed by atoms with Gasteiger partial charge in [0.2, 0.25) is 0 Å². The van der Waals surface area contributed by atoms with Crippen LogP contribution in [-0.2, 0) is 13.7 Å². The topological polar surface area (TPSA) is 69.0 Å². The Morgan fingerprint density at radius 1 is 1.24 bits per heavy atom. The molecule has 0 radical (unpaired) electrons. The first kappa shape index (κ1) is 16.7. The third-order valence-corrected chi connectivity index (χ3v) is 3.82. The molecule has 2 heterocycles. The van der Waals surface area contributed by atoms with Crippen molar-refractivity contribution in [3.8, 4) is 5.75 Å². The maximum Gasteiger partial charge on any atom is 0.254 e. The van der Waals surface area contributed by atoms with E-state index in [9.17, 15) is 4.79 Å². The second-order valence-corrected chi connectivity index (χ2v) is 5.82. The van der Waals surface area contributed by atoms with E-state index < -0.39 is 0 Å². The van der Waals surface area contributed by atoms with Crippen molar-refractivity contribution < 1.29 is 9.53 Å². The zero-order valence-electron chi connectivity index (χ0n) is 14.2. The normalized spacial score (nSPS) is 11.8. The smallest absolute Gasteiger partial charge is 0.254 e. The highest BCUT2D eigenvalue weighted by Gasteiger charge is 2.12. The number of nitrogens with zero attached hydrogens (tertiary/aromatic N) is 3. The summed E-state index contributed by atoms with van der Waals surface area (Å²) in [5, 5.41) is 6.97. The largest absolute Gasteiger partial charge is 0.489 e. The van der Waals surface area contributed by atoms with Gasteiger partial charge in [-0.2, -0.15) is 5.10 Å². The van der Waals surface area contributed by atoms with E-state index in [4.69, 9.17) is 4.74 Å². The van der Waals surface area contributed by atoms with Gasteiger partial charge >= 0.3 is 0 Å². The highest BCUT2D eigenvalue weighted by atomic mass is 16.5. The summed E-state index contributed by atoms with van der Waals surface area (Å²) >= 11 is 0. The molecule has 2 aromatic heterocycles. The van der Waals surface area contributed by atoms with E-state index in [0.717, 1.165) is 16.9 Å². The zero-order valence-corrected chi connectivity index (χ0v) is 14.2. The van der Waals surface area contributed by atoms with Gasteiger partial charge in [0.1, 0.15) is 12.4 Å². The van der Waals surface area contributed by atoms with Crippen molar-refractivity contribution in [2.24, 2.45) is 7.05 Å². The number of carbonyl (C=O) groups is 1. The van der Waals surface area contributed by atoms with Crippen LogP contribution in [0.25, 0.3) is 0 Å². The molecule has 1 aromatic carbocycles. The van der Waals surface area contributed by atoms with Crippen LogP contribution in [0.1, 0.15) is 34.5 Å². The van der Waals surface area contributed by atoms with E-state index in [0.29, 0.717) is 12.2 Å². The van der Waals surface area contributed by atoms with Gasteiger partial charge in [-0.05, 0) is 30.7 Å². The quantitative estimate of drug-likeness (QED) is 0.751. The first-order valence-corrected chi connectivity index (χ1v) is 8.03. The summed E-state index contributed by atoms with van der Waals surface area (Å²) in [6.07, 6.45) is 6.76. The van der Waals surface area contributed by atoms with Crippen molar-refractivity contribution in [2.45, 2.75) is 19.6 Å². The van der Waals surface area contributed by atoms with Gasteiger partial charge in [0.15, 0.2) is 0 Å². The fraction of sp³-hybridized carbons (Fsp3) is 0.211. The Balaban J connectivity index is 1.56. The molecule has 0 aliphatic carbocycles. The number of carbonyl (C=O) groups excluding carboxylic acids is 1. The molecule has 0 fully saturated rings. The number of pyridine rings is 1. The lowest BCUT2D eigenvalue weighted by atomic mass is 10.1. The maximum absolute atomic E-state index is 12.2. The van der Waals surface area contributed by atoms with Gasteiger partial charge in [-0.15, -0.1) is 0 Å². The Kier molecular flexibility index (Phi) is 5.09. The number of amides is 1. The van der Waals surface area contributed by atoms with Crippen LogP contribution in [0.15, 0.2) is 61.2 Å². The molecule has 1 unspecified atom stereocenters.